The molecular formula is C24H24FN5O. The highest BCUT2D eigenvalue weighted by Gasteiger charge is 2.17. The highest BCUT2D eigenvalue weighted by Crippen LogP contribution is 2.30. The summed E-state index contributed by atoms with van der Waals surface area (Å²) in [6, 6.07) is 14.3. The number of benzene rings is 2. The molecule has 0 atom stereocenters. The van der Waals surface area contributed by atoms with Crippen LogP contribution in [0.4, 0.5) is 4.39 Å². The quantitative estimate of drug-likeness (QED) is 0.498. The van der Waals surface area contributed by atoms with Crippen LogP contribution in [0, 0.1) is 12.7 Å². The molecule has 0 fully saturated rings. The molecule has 2 heterocycles. The highest BCUT2D eigenvalue weighted by molar-refractivity contribution is 5.79. The minimum atomic E-state index is -0.286. The zero-order chi connectivity index (χ0) is 21.8. The fraction of sp³-hybridized carbons (Fsp3) is 0.208. The van der Waals surface area contributed by atoms with E-state index in [0.29, 0.717) is 25.2 Å². The van der Waals surface area contributed by atoms with Gasteiger partial charge in [-0.25, -0.2) is 9.37 Å². The summed E-state index contributed by atoms with van der Waals surface area (Å²) < 4.78 is 17.1. The Kier molecular flexibility index (Phi) is 5.93. The Balaban J connectivity index is 1.48. The van der Waals surface area contributed by atoms with E-state index in [2.05, 4.69) is 10.3 Å². The maximum Gasteiger partial charge on any atom is 0.224 e. The number of nitrogens with one attached hydrogen (secondary N) is 1. The Morgan fingerprint density at radius 2 is 1.97 bits per heavy atom. The average Bonchev–Trinajstić information content (AvgIpc) is 3.34. The van der Waals surface area contributed by atoms with Gasteiger partial charge in [0, 0.05) is 37.7 Å². The molecule has 0 aliphatic carbocycles. The molecular weight excluding hydrogens is 393 g/mol. The van der Waals surface area contributed by atoms with Gasteiger partial charge in [-0.15, -0.1) is 0 Å². The highest BCUT2D eigenvalue weighted by atomic mass is 19.1. The van der Waals surface area contributed by atoms with Crippen molar-refractivity contribution in [3.8, 4) is 22.6 Å². The van der Waals surface area contributed by atoms with Crippen LogP contribution in [0.1, 0.15) is 11.1 Å². The fourth-order valence-electron chi connectivity index (χ4n) is 3.52. The van der Waals surface area contributed by atoms with Crippen molar-refractivity contribution >= 4 is 5.91 Å². The number of aromatic nitrogens is 4. The molecule has 1 amide bonds. The Bertz CT molecular complexity index is 1190. The summed E-state index contributed by atoms with van der Waals surface area (Å²) in [5.74, 6) is 0.411. The van der Waals surface area contributed by atoms with E-state index in [9.17, 15) is 9.18 Å². The van der Waals surface area contributed by atoms with E-state index in [1.165, 1.54) is 12.1 Å². The summed E-state index contributed by atoms with van der Waals surface area (Å²) in [5, 5.41) is 7.64. The third-order valence-corrected chi connectivity index (χ3v) is 5.06. The van der Waals surface area contributed by atoms with Gasteiger partial charge in [0.05, 0.1) is 13.0 Å². The molecule has 0 spiro atoms. The normalized spacial score (nSPS) is 10.9. The second-order valence-electron chi connectivity index (χ2n) is 7.54. The van der Waals surface area contributed by atoms with E-state index in [-0.39, 0.29) is 11.7 Å². The Morgan fingerprint density at radius 3 is 2.68 bits per heavy atom. The minimum Gasteiger partial charge on any atom is -0.354 e. The van der Waals surface area contributed by atoms with E-state index < -0.39 is 0 Å². The molecule has 2 aromatic carbocycles. The fourth-order valence-corrected chi connectivity index (χ4v) is 3.52. The van der Waals surface area contributed by atoms with Crippen LogP contribution in [0.25, 0.3) is 22.6 Å². The third-order valence-electron chi connectivity index (χ3n) is 5.06. The molecule has 7 heteroatoms. The maximum atomic E-state index is 13.4. The lowest BCUT2D eigenvalue weighted by atomic mass is 10.1. The topological polar surface area (TPSA) is 64.7 Å². The number of carbonyl (C=O) groups is 1. The number of hydrogen-bond donors (Lipinski definition) is 1. The molecule has 0 aliphatic heterocycles. The number of halogens is 1. The van der Waals surface area contributed by atoms with Crippen molar-refractivity contribution in [1.82, 2.24) is 24.6 Å². The lowest BCUT2D eigenvalue weighted by molar-refractivity contribution is -0.120. The molecule has 4 aromatic rings. The zero-order valence-electron chi connectivity index (χ0n) is 17.5. The molecule has 6 nitrogen and oxygen atoms in total. The van der Waals surface area contributed by atoms with Gasteiger partial charge in [0.1, 0.15) is 11.5 Å². The van der Waals surface area contributed by atoms with Crippen LogP contribution in [0.3, 0.4) is 0 Å². The lowest BCUT2D eigenvalue weighted by Gasteiger charge is -2.06. The number of carbonyl (C=O) groups excluding carboxylic acids is 1. The van der Waals surface area contributed by atoms with Crippen molar-refractivity contribution in [3.63, 3.8) is 0 Å². The van der Waals surface area contributed by atoms with E-state index >= 15 is 0 Å². The largest absolute Gasteiger partial charge is 0.354 e. The monoisotopic (exact) mass is 417 g/mol. The molecule has 2 aromatic heterocycles. The zero-order valence-corrected chi connectivity index (χ0v) is 17.5. The Labute approximate surface area is 180 Å². The summed E-state index contributed by atoms with van der Waals surface area (Å²) in [4.78, 5) is 16.7. The van der Waals surface area contributed by atoms with Crippen LogP contribution in [-0.2, 0) is 24.8 Å². The third kappa shape index (κ3) is 4.88. The van der Waals surface area contributed by atoms with Crippen molar-refractivity contribution in [2.24, 2.45) is 7.05 Å². The van der Waals surface area contributed by atoms with E-state index in [4.69, 9.17) is 5.10 Å². The van der Waals surface area contributed by atoms with Crippen molar-refractivity contribution in [2.75, 3.05) is 6.54 Å². The van der Waals surface area contributed by atoms with Crippen molar-refractivity contribution in [2.45, 2.75) is 19.9 Å². The summed E-state index contributed by atoms with van der Waals surface area (Å²) in [5.41, 5.74) is 4.56. The summed E-state index contributed by atoms with van der Waals surface area (Å²) in [6.45, 7) is 2.98. The smallest absolute Gasteiger partial charge is 0.224 e. The van der Waals surface area contributed by atoms with Crippen LogP contribution in [0.2, 0.25) is 0 Å². The van der Waals surface area contributed by atoms with Crippen molar-refractivity contribution in [3.05, 3.63) is 84.1 Å². The number of nitrogens with zero attached hydrogens (tertiary/aromatic N) is 4. The first kappa shape index (κ1) is 20.5. The predicted octanol–water partition coefficient (Wildman–Crippen LogP) is 3.76. The van der Waals surface area contributed by atoms with Gasteiger partial charge in [-0.3, -0.25) is 9.48 Å². The Morgan fingerprint density at radius 1 is 1.16 bits per heavy atom. The van der Waals surface area contributed by atoms with Gasteiger partial charge in [0.25, 0.3) is 0 Å². The summed E-state index contributed by atoms with van der Waals surface area (Å²) >= 11 is 0. The molecule has 0 radical (unpaired) electrons. The molecule has 0 saturated heterocycles. The molecule has 0 saturated carbocycles. The van der Waals surface area contributed by atoms with E-state index in [1.807, 2.05) is 55.2 Å². The van der Waals surface area contributed by atoms with Gasteiger partial charge < -0.3 is 9.88 Å². The standard InChI is InChI=1S/C24H24FN5O/c1-17-4-3-5-18(14-17)15-22(31)26-11-13-30-16-21(19-6-8-20(25)9-7-19)23(28-30)24-27-10-12-29(24)2/h3-10,12,14,16H,11,13,15H2,1-2H3,(H,26,31). The first-order chi connectivity index (χ1) is 15.0. The number of imidazole rings is 1. The van der Waals surface area contributed by atoms with Crippen LogP contribution in [0.15, 0.2) is 67.1 Å². The molecule has 0 unspecified atom stereocenters. The van der Waals surface area contributed by atoms with Crippen molar-refractivity contribution < 1.29 is 9.18 Å². The van der Waals surface area contributed by atoms with Crippen LogP contribution < -0.4 is 5.32 Å². The van der Waals surface area contributed by atoms with Gasteiger partial charge in [-0.2, -0.15) is 5.10 Å². The average molecular weight is 417 g/mol. The molecule has 0 bridgehead atoms. The first-order valence-electron chi connectivity index (χ1n) is 10.1. The molecule has 1 N–H and O–H groups in total. The summed E-state index contributed by atoms with van der Waals surface area (Å²) in [6.07, 6.45) is 5.83. The Hall–Kier alpha value is -3.74. The van der Waals surface area contributed by atoms with Crippen molar-refractivity contribution in [1.29, 1.82) is 0 Å². The van der Waals surface area contributed by atoms with Crippen LogP contribution in [0.5, 0.6) is 0 Å². The second kappa shape index (κ2) is 8.95. The first-order valence-corrected chi connectivity index (χ1v) is 10.1. The second-order valence-corrected chi connectivity index (χ2v) is 7.54. The SMILES string of the molecule is Cc1cccc(CC(=O)NCCn2cc(-c3ccc(F)cc3)c(-c3nccn3C)n2)c1. The number of hydrogen-bond acceptors (Lipinski definition) is 3. The molecule has 31 heavy (non-hydrogen) atoms. The van der Waals surface area contributed by atoms with Gasteiger partial charge in [0.15, 0.2) is 5.82 Å². The molecule has 4 rings (SSSR count). The van der Waals surface area contributed by atoms with E-state index in [0.717, 1.165) is 28.1 Å². The van der Waals surface area contributed by atoms with Crippen LogP contribution in [-0.4, -0.2) is 31.8 Å². The molecule has 0 aliphatic rings. The van der Waals surface area contributed by atoms with Gasteiger partial charge in [0.2, 0.25) is 5.91 Å². The van der Waals surface area contributed by atoms with E-state index in [1.54, 1.807) is 23.0 Å². The van der Waals surface area contributed by atoms with Gasteiger partial charge in [-0.1, -0.05) is 42.0 Å². The van der Waals surface area contributed by atoms with Crippen LogP contribution >= 0.6 is 0 Å². The number of rotatable bonds is 7. The number of amides is 1. The summed E-state index contributed by atoms with van der Waals surface area (Å²) in [7, 11) is 1.90. The lowest BCUT2D eigenvalue weighted by Crippen LogP contribution is -2.28. The number of aryl methyl sites for hydroxylation is 2. The molecule has 158 valence electrons. The van der Waals surface area contributed by atoms with Gasteiger partial charge >= 0.3 is 0 Å². The predicted molar refractivity (Wildman–Crippen MR) is 118 cm³/mol. The van der Waals surface area contributed by atoms with Gasteiger partial charge in [-0.05, 0) is 30.2 Å². The maximum absolute atomic E-state index is 13.4. The minimum absolute atomic E-state index is 0.0270.